The van der Waals surface area contributed by atoms with Crippen LogP contribution >= 0.6 is 0 Å². The second kappa shape index (κ2) is 6.94. The molecule has 1 rings (SSSR count). The smallest absolute Gasteiger partial charge is 0.341 e. The predicted octanol–water partition coefficient (Wildman–Crippen LogP) is 1.86. The van der Waals surface area contributed by atoms with E-state index in [1.54, 1.807) is 4.90 Å². The van der Waals surface area contributed by atoms with E-state index < -0.39 is 18.8 Å². The third-order valence-corrected chi connectivity index (χ3v) is 2.78. The highest BCUT2D eigenvalue weighted by molar-refractivity contribution is 5.81. The third kappa shape index (κ3) is 5.68. The zero-order valence-electron chi connectivity index (χ0n) is 10.4. The zero-order valence-corrected chi connectivity index (χ0v) is 10.4. The van der Waals surface area contributed by atoms with Crippen molar-refractivity contribution < 1.29 is 22.8 Å². The molecule has 1 amide bonds. The van der Waals surface area contributed by atoms with Crippen LogP contribution in [0.3, 0.4) is 0 Å². The highest BCUT2D eigenvalue weighted by Gasteiger charge is 2.29. The molecule has 0 bridgehead atoms. The van der Waals surface area contributed by atoms with Crippen molar-refractivity contribution in [1.82, 2.24) is 10.4 Å². The van der Waals surface area contributed by atoms with Crippen molar-refractivity contribution >= 4 is 5.91 Å². The SMILES string of the molecule is CC(NOCC(F)(F)F)C(=O)N1CCCCCC1. The minimum atomic E-state index is -4.39. The molecule has 1 aliphatic rings. The maximum absolute atomic E-state index is 11.9. The number of amides is 1. The number of likely N-dealkylation sites (tertiary alicyclic amines) is 1. The van der Waals surface area contributed by atoms with Gasteiger partial charge in [-0.15, -0.1) is 0 Å². The van der Waals surface area contributed by atoms with Crippen LogP contribution in [-0.4, -0.2) is 42.7 Å². The maximum atomic E-state index is 11.9. The summed E-state index contributed by atoms with van der Waals surface area (Å²) >= 11 is 0. The number of hydroxylamine groups is 1. The average Bonchev–Trinajstić information content (AvgIpc) is 2.54. The van der Waals surface area contributed by atoms with E-state index >= 15 is 0 Å². The number of rotatable bonds is 4. The number of nitrogens with zero attached hydrogens (tertiary/aromatic N) is 1. The van der Waals surface area contributed by atoms with Crippen LogP contribution in [0, 0.1) is 0 Å². The number of nitrogens with one attached hydrogen (secondary N) is 1. The number of alkyl halides is 3. The topological polar surface area (TPSA) is 41.6 Å². The Labute approximate surface area is 104 Å². The quantitative estimate of drug-likeness (QED) is 0.791. The first-order valence-electron chi connectivity index (χ1n) is 6.13. The lowest BCUT2D eigenvalue weighted by atomic mass is 10.2. The van der Waals surface area contributed by atoms with Gasteiger partial charge >= 0.3 is 6.18 Å². The largest absolute Gasteiger partial charge is 0.413 e. The molecule has 106 valence electrons. The van der Waals surface area contributed by atoms with E-state index in [0.717, 1.165) is 25.7 Å². The predicted molar refractivity (Wildman–Crippen MR) is 59.7 cm³/mol. The van der Waals surface area contributed by atoms with Crippen molar-refractivity contribution in [3.8, 4) is 0 Å². The molecule has 1 N–H and O–H groups in total. The normalized spacial score (nSPS) is 19.4. The molecule has 4 nitrogen and oxygen atoms in total. The van der Waals surface area contributed by atoms with Crippen molar-refractivity contribution in [2.75, 3.05) is 19.7 Å². The standard InChI is InChI=1S/C11H19F3N2O2/c1-9(15-18-8-11(12,13)14)10(17)16-6-4-2-3-5-7-16/h9,15H,2-8H2,1H3. The average molecular weight is 268 g/mol. The van der Waals surface area contributed by atoms with E-state index in [4.69, 9.17) is 0 Å². The summed E-state index contributed by atoms with van der Waals surface area (Å²) in [6.45, 7) is 1.45. The van der Waals surface area contributed by atoms with Gasteiger partial charge in [0.1, 0.15) is 6.04 Å². The van der Waals surface area contributed by atoms with E-state index in [2.05, 4.69) is 10.3 Å². The van der Waals surface area contributed by atoms with Crippen LogP contribution in [0.15, 0.2) is 0 Å². The Morgan fingerprint density at radius 1 is 1.28 bits per heavy atom. The molecule has 1 unspecified atom stereocenters. The Bertz CT molecular complexity index is 264. The van der Waals surface area contributed by atoms with Gasteiger partial charge in [-0.05, 0) is 19.8 Å². The molecule has 1 fully saturated rings. The summed E-state index contributed by atoms with van der Waals surface area (Å²) < 4.78 is 35.6. The molecule has 18 heavy (non-hydrogen) atoms. The van der Waals surface area contributed by atoms with Crippen LogP contribution in [0.4, 0.5) is 13.2 Å². The van der Waals surface area contributed by atoms with Crippen molar-refractivity contribution in [3.63, 3.8) is 0 Å². The molecule has 0 saturated carbocycles. The van der Waals surface area contributed by atoms with Crippen LogP contribution < -0.4 is 5.48 Å². The van der Waals surface area contributed by atoms with E-state index in [0.29, 0.717) is 13.1 Å². The van der Waals surface area contributed by atoms with Gasteiger partial charge in [0.25, 0.3) is 0 Å². The molecular weight excluding hydrogens is 249 g/mol. The minimum absolute atomic E-state index is 0.209. The van der Waals surface area contributed by atoms with Gasteiger partial charge < -0.3 is 4.90 Å². The van der Waals surface area contributed by atoms with E-state index in [9.17, 15) is 18.0 Å². The van der Waals surface area contributed by atoms with Gasteiger partial charge in [0.2, 0.25) is 5.91 Å². The fourth-order valence-corrected chi connectivity index (χ4v) is 1.86. The lowest BCUT2D eigenvalue weighted by Gasteiger charge is -2.24. The van der Waals surface area contributed by atoms with Crippen LogP contribution in [0.25, 0.3) is 0 Å². The number of hydrogen-bond donors (Lipinski definition) is 1. The summed E-state index contributed by atoms with van der Waals surface area (Å²) in [5, 5.41) is 0. The Morgan fingerprint density at radius 3 is 2.33 bits per heavy atom. The molecule has 0 aromatic carbocycles. The molecule has 1 atom stereocenters. The van der Waals surface area contributed by atoms with Crippen LogP contribution in [0.2, 0.25) is 0 Å². The van der Waals surface area contributed by atoms with Gasteiger partial charge in [-0.25, -0.2) is 0 Å². The maximum Gasteiger partial charge on any atom is 0.413 e. The Kier molecular flexibility index (Phi) is 5.87. The Morgan fingerprint density at radius 2 is 1.83 bits per heavy atom. The van der Waals surface area contributed by atoms with Crippen molar-refractivity contribution in [2.45, 2.75) is 44.8 Å². The summed E-state index contributed by atoms with van der Waals surface area (Å²) in [6, 6.07) is -0.759. The first-order chi connectivity index (χ1) is 8.40. The molecular formula is C11H19F3N2O2. The van der Waals surface area contributed by atoms with E-state index in [1.807, 2.05) is 0 Å². The number of carbonyl (C=O) groups is 1. The third-order valence-electron chi connectivity index (χ3n) is 2.78. The second-order valence-corrected chi connectivity index (χ2v) is 4.48. The van der Waals surface area contributed by atoms with Gasteiger partial charge in [0.05, 0.1) is 0 Å². The fraction of sp³-hybridized carbons (Fsp3) is 0.909. The summed E-state index contributed by atoms with van der Waals surface area (Å²) in [5.74, 6) is -0.209. The van der Waals surface area contributed by atoms with Gasteiger partial charge in [-0.1, -0.05) is 12.8 Å². The Balaban J connectivity index is 2.31. The molecule has 0 aromatic heterocycles. The number of halogens is 3. The van der Waals surface area contributed by atoms with Gasteiger partial charge in [0.15, 0.2) is 6.61 Å². The molecule has 1 heterocycles. The van der Waals surface area contributed by atoms with Crippen molar-refractivity contribution in [1.29, 1.82) is 0 Å². The van der Waals surface area contributed by atoms with Crippen molar-refractivity contribution in [3.05, 3.63) is 0 Å². The first kappa shape index (κ1) is 15.2. The second-order valence-electron chi connectivity index (χ2n) is 4.48. The minimum Gasteiger partial charge on any atom is -0.341 e. The lowest BCUT2D eigenvalue weighted by Crippen LogP contribution is -2.46. The highest BCUT2D eigenvalue weighted by Crippen LogP contribution is 2.14. The highest BCUT2D eigenvalue weighted by atomic mass is 19.4. The van der Waals surface area contributed by atoms with Crippen LogP contribution in [-0.2, 0) is 9.63 Å². The summed E-state index contributed by atoms with van der Waals surface area (Å²) in [7, 11) is 0. The molecule has 0 aromatic rings. The summed E-state index contributed by atoms with van der Waals surface area (Å²) in [5.41, 5.74) is 2.15. The molecule has 0 aliphatic carbocycles. The van der Waals surface area contributed by atoms with Gasteiger partial charge in [-0.3, -0.25) is 9.63 Å². The van der Waals surface area contributed by atoms with Crippen LogP contribution in [0.5, 0.6) is 0 Å². The number of carbonyl (C=O) groups excluding carboxylic acids is 1. The van der Waals surface area contributed by atoms with Gasteiger partial charge in [-0.2, -0.15) is 18.7 Å². The summed E-state index contributed by atoms with van der Waals surface area (Å²) in [4.78, 5) is 17.9. The molecule has 7 heteroatoms. The summed E-state index contributed by atoms with van der Waals surface area (Å²) in [6.07, 6.45) is -0.311. The zero-order chi connectivity index (χ0) is 13.6. The van der Waals surface area contributed by atoms with Gasteiger partial charge in [0, 0.05) is 13.1 Å². The monoisotopic (exact) mass is 268 g/mol. The number of hydrogen-bond acceptors (Lipinski definition) is 3. The van der Waals surface area contributed by atoms with E-state index in [1.165, 1.54) is 6.92 Å². The first-order valence-corrected chi connectivity index (χ1v) is 6.13. The van der Waals surface area contributed by atoms with E-state index in [-0.39, 0.29) is 5.91 Å². The molecule has 1 saturated heterocycles. The molecule has 0 radical (unpaired) electrons. The molecule has 0 spiro atoms. The fourth-order valence-electron chi connectivity index (χ4n) is 1.86. The Hall–Kier alpha value is -0.820. The molecule has 1 aliphatic heterocycles. The van der Waals surface area contributed by atoms with Crippen molar-refractivity contribution in [2.24, 2.45) is 0 Å². The lowest BCUT2D eigenvalue weighted by molar-refractivity contribution is -0.194. The van der Waals surface area contributed by atoms with Crippen LogP contribution in [0.1, 0.15) is 32.6 Å².